The number of aliphatic hydroxyl groups is 1. The van der Waals surface area contributed by atoms with Crippen LogP contribution in [0, 0.1) is 6.92 Å². The Balaban J connectivity index is 1.50. The van der Waals surface area contributed by atoms with Gasteiger partial charge in [0, 0.05) is 12.5 Å². The molecule has 0 bridgehead atoms. The molecule has 1 aliphatic heterocycles. The Morgan fingerprint density at radius 1 is 1.29 bits per heavy atom. The Morgan fingerprint density at radius 3 is 2.96 bits per heavy atom. The Morgan fingerprint density at radius 2 is 2.17 bits per heavy atom. The lowest BCUT2D eigenvalue weighted by atomic mass is 9.97. The van der Waals surface area contributed by atoms with E-state index < -0.39 is 0 Å². The largest absolute Gasteiger partial charge is 0.462 e. The van der Waals surface area contributed by atoms with Crippen LogP contribution in [-0.4, -0.2) is 33.1 Å². The van der Waals surface area contributed by atoms with Crippen molar-refractivity contribution in [2.75, 3.05) is 13.1 Å². The van der Waals surface area contributed by atoms with E-state index in [0.717, 1.165) is 55.1 Å². The number of aromatic amines is 1. The Bertz CT molecular complexity index is 836. The van der Waals surface area contributed by atoms with Crippen molar-refractivity contribution in [2.24, 2.45) is 0 Å². The molecule has 2 aromatic heterocycles. The molecule has 0 saturated carbocycles. The molecule has 0 radical (unpaired) electrons. The summed E-state index contributed by atoms with van der Waals surface area (Å²) in [6, 6.07) is 10.1. The van der Waals surface area contributed by atoms with E-state index in [1.807, 2.05) is 12.1 Å². The van der Waals surface area contributed by atoms with Crippen molar-refractivity contribution in [2.45, 2.75) is 38.8 Å². The lowest BCUT2D eigenvalue weighted by molar-refractivity contribution is 0.178. The molecular formula is C19H23N3O2. The number of fused-ring (bicyclic) bond motifs is 1. The number of nitrogens with one attached hydrogen (secondary N) is 1. The molecule has 1 aromatic carbocycles. The number of hydrogen-bond acceptors (Lipinski definition) is 4. The molecule has 3 aromatic rings. The highest BCUT2D eigenvalue weighted by molar-refractivity contribution is 5.78. The number of aliphatic hydroxyl groups excluding tert-OH is 1. The topological polar surface area (TPSA) is 65.3 Å². The number of aryl methyl sites for hydroxylation is 1. The van der Waals surface area contributed by atoms with Gasteiger partial charge in [-0.3, -0.25) is 4.90 Å². The lowest BCUT2D eigenvalue weighted by Gasteiger charge is -2.31. The van der Waals surface area contributed by atoms with Gasteiger partial charge < -0.3 is 14.5 Å². The average molecular weight is 325 g/mol. The molecule has 3 heterocycles. The molecule has 0 amide bonds. The summed E-state index contributed by atoms with van der Waals surface area (Å²) in [7, 11) is 0. The molecular weight excluding hydrogens is 302 g/mol. The Kier molecular flexibility index (Phi) is 4.12. The van der Waals surface area contributed by atoms with Crippen LogP contribution in [0.4, 0.5) is 0 Å². The Hall–Kier alpha value is -2.11. The lowest BCUT2D eigenvalue weighted by Crippen LogP contribution is -2.34. The van der Waals surface area contributed by atoms with Gasteiger partial charge in [-0.2, -0.15) is 0 Å². The van der Waals surface area contributed by atoms with Crippen molar-refractivity contribution >= 4 is 11.0 Å². The van der Waals surface area contributed by atoms with Gasteiger partial charge in [0.15, 0.2) is 0 Å². The maximum atomic E-state index is 9.12. The molecule has 126 valence electrons. The second-order valence-electron chi connectivity index (χ2n) is 6.69. The molecule has 1 atom stereocenters. The van der Waals surface area contributed by atoms with Crippen LogP contribution in [-0.2, 0) is 13.2 Å². The van der Waals surface area contributed by atoms with E-state index in [1.54, 1.807) is 0 Å². The van der Waals surface area contributed by atoms with Gasteiger partial charge in [0.1, 0.15) is 24.0 Å². The number of aromatic nitrogens is 2. The Labute approximate surface area is 141 Å². The van der Waals surface area contributed by atoms with E-state index in [9.17, 15) is 0 Å². The van der Waals surface area contributed by atoms with E-state index in [2.05, 4.69) is 35.0 Å². The quantitative estimate of drug-likeness (QED) is 0.772. The van der Waals surface area contributed by atoms with Crippen LogP contribution in [0.15, 0.2) is 34.7 Å². The zero-order chi connectivity index (χ0) is 16.5. The van der Waals surface area contributed by atoms with Crippen LogP contribution >= 0.6 is 0 Å². The molecule has 5 nitrogen and oxygen atoms in total. The summed E-state index contributed by atoms with van der Waals surface area (Å²) in [5.74, 6) is 3.07. The molecule has 1 saturated heterocycles. The average Bonchev–Trinajstić information content (AvgIpc) is 3.22. The van der Waals surface area contributed by atoms with Crippen LogP contribution in [0.2, 0.25) is 0 Å². The number of para-hydroxylation sites is 1. The third-order valence-corrected chi connectivity index (χ3v) is 4.88. The number of piperidine rings is 1. The molecule has 0 unspecified atom stereocenters. The predicted octanol–water partition coefficient (Wildman–Crippen LogP) is 3.34. The maximum absolute atomic E-state index is 9.12. The van der Waals surface area contributed by atoms with E-state index >= 15 is 0 Å². The molecule has 5 heteroatoms. The van der Waals surface area contributed by atoms with Gasteiger partial charge >= 0.3 is 0 Å². The van der Waals surface area contributed by atoms with Crippen LogP contribution in [0.25, 0.3) is 11.0 Å². The summed E-state index contributed by atoms with van der Waals surface area (Å²) >= 11 is 0. The molecule has 1 aliphatic rings. The first-order valence-corrected chi connectivity index (χ1v) is 8.59. The van der Waals surface area contributed by atoms with Crippen molar-refractivity contribution in [1.82, 2.24) is 14.9 Å². The van der Waals surface area contributed by atoms with E-state index in [-0.39, 0.29) is 6.61 Å². The minimum absolute atomic E-state index is 0.0407. The highest BCUT2D eigenvalue weighted by Crippen LogP contribution is 2.28. The second kappa shape index (κ2) is 6.42. The number of benzene rings is 1. The first-order valence-electron chi connectivity index (χ1n) is 8.59. The fraction of sp³-hybridized carbons (Fsp3) is 0.421. The summed E-state index contributed by atoms with van der Waals surface area (Å²) in [4.78, 5) is 10.8. The minimum atomic E-state index is -0.0407. The van der Waals surface area contributed by atoms with E-state index in [1.165, 1.54) is 5.56 Å². The zero-order valence-corrected chi connectivity index (χ0v) is 14.0. The van der Waals surface area contributed by atoms with Gasteiger partial charge in [-0.05, 0) is 50.1 Å². The number of nitrogens with zero attached hydrogens (tertiary/aromatic N) is 2. The summed E-state index contributed by atoms with van der Waals surface area (Å²) < 4.78 is 5.63. The van der Waals surface area contributed by atoms with Crippen LogP contribution in [0.5, 0.6) is 0 Å². The normalized spacial score (nSPS) is 19.2. The van der Waals surface area contributed by atoms with Crippen LogP contribution in [0.3, 0.4) is 0 Å². The minimum Gasteiger partial charge on any atom is -0.462 e. The number of hydrogen-bond donors (Lipinski definition) is 2. The number of furan rings is 1. The standard InChI is InChI=1S/C19H23N3O2/c1-13-4-2-6-17-18(13)21-19(20-17)14-5-3-9-22(10-14)11-15-7-8-16(12-23)24-15/h2,4,6-8,14,23H,3,5,9-12H2,1H3,(H,20,21)/t14-/m1/s1. The molecule has 24 heavy (non-hydrogen) atoms. The summed E-state index contributed by atoms with van der Waals surface area (Å²) in [6.45, 7) is 4.91. The molecule has 0 aliphatic carbocycles. The molecule has 0 spiro atoms. The summed E-state index contributed by atoms with van der Waals surface area (Å²) in [5, 5.41) is 9.12. The number of likely N-dealkylation sites (tertiary alicyclic amines) is 1. The number of rotatable bonds is 4. The van der Waals surface area contributed by atoms with Gasteiger partial charge in [0.05, 0.1) is 17.6 Å². The highest BCUT2D eigenvalue weighted by atomic mass is 16.4. The monoisotopic (exact) mass is 325 g/mol. The first-order chi connectivity index (χ1) is 11.7. The van der Waals surface area contributed by atoms with E-state index in [4.69, 9.17) is 14.5 Å². The fourth-order valence-corrected chi connectivity index (χ4v) is 3.62. The number of H-pyrrole nitrogens is 1. The summed E-state index contributed by atoms with van der Waals surface area (Å²) in [5.41, 5.74) is 3.43. The van der Waals surface area contributed by atoms with Crippen molar-refractivity contribution in [3.8, 4) is 0 Å². The molecule has 1 fully saturated rings. The van der Waals surface area contributed by atoms with Gasteiger partial charge in [-0.1, -0.05) is 12.1 Å². The third kappa shape index (κ3) is 2.97. The van der Waals surface area contributed by atoms with Gasteiger partial charge in [0.25, 0.3) is 0 Å². The highest BCUT2D eigenvalue weighted by Gasteiger charge is 2.24. The van der Waals surface area contributed by atoms with Gasteiger partial charge in [-0.15, -0.1) is 0 Å². The number of imidazole rings is 1. The van der Waals surface area contributed by atoms with Gasteiger partial charge in [0.2, 0.25) is 0 Å². The first kappa shape index (κ1) is 15.4. The van der Waals surface area contributed by atoms with Crippen LogP contribution < -0.4 is 0 Å². The maximum Gasteiger partial charge on any atom is 0.129 e. The molecule has 4 rings (SSSR count). The van der Waals surface area contributed by atoms with Gasteiger partial charge in [-0.25, -0.2) is 4.98 Å². The summed E-state index contributed by atoms with van der Waals surface area (Å²) in [6.07, 6.45) is 2.32. The predicted molar refractivity (Wildman–Crippen MR) is 92.7 cm³/mol. The van der Waals surface area contributed by atoms with Crippen molar-refractivity contribution in [1.29, 1.82) is 0 Å². The van der Waals surface area contributed by atoms with Crippen molar-refractivity contribution < 1.29 is 9.52 Å². The van der Waals surface area contributed by atoms with Crippen LogP contribution in [0.1, 0.15) is 41.7 Å². The third-order valence-electron chi connectivity index (χ3n) is 4.88. The second-order valence-corrected chi connectivity index (χ2v) is 6.69. The fourth-order valence-electron chi connectivity index (χ4n) is 3.62. The smallest absolute Gasteiger partial charge is 0.129 e. The zero-order valence-electron chi connectivity index (χ0n) is 14.0. The SMILES string of the molecule is Cc1cccc2[nH]c([C@@H]3CCCN(Cc4ccc(CO)o4)C3)nc12. The molecule has 2 N–H and O–H groups in total. The van der Waals surface area contributed by atoms with E-state index in [0.29, 0.717) is 11.7 Å². The van der Waals surface area contributed by atoms with Crippen molar-refractivity contribution in [3.63, 3.8) is 0 Å². The van der Waals surface area contributed by atoms with Crippen molar-refractivity contribution in [3.05, 3.63) is 53.2 Å².